The zero-order chi connectivity index (χ0) is 12.7. The Hall–Kier alpha value is -0.770. The Bertz CT molecular complexity index is 344. The third kappa shape index (κ3) is 4.54. The molecule has 2 N–H and O–H groups in total. The van der Waals surface area contributed by atoms with Crippen LogP contribution >= 0.6 is 11.6 Å². The number of ether oxygens (including phenoxy) is 1. The van der Waals surface area contributed by atoms with E-state index in [0.29, 0.717) is 6.54 Å². The summed E-state index contributed by atoms with van der Waals surface area (Å²) in [5.74, 6) is 0. The molecule has 0 aromatic heterocycles. The second-order valence-electron chi connectivity index (χ2n) is 4.08. The molecule has 0 saturated carbocycles. The van der Waals surface area contributed by atoms with Crippen molar-refractivity contribution < 1.29 is 4.74 Å². The van der Waals surface area contributed by atoms with Crippen LogP contribution in [-0.2, 0) is 11.2 Å². The number of anilines is 1. The molecular formula is C13H21ClN2O. The van der Waals surface area contributed by atoms with Gasteiger partial charge >= 0.3 is 0 Å². The van der Waals surface area contributed by atoms with Crippen LogP contribution in [0.4, 0.5) is 5.69 Å². The maximum absolute atomic E-state index is 6.04. The van der Waals surface area contributed by atoms with Crippen molar-refractivity contribution in [1.82, 2.24) is 0 Å². The van der Waals surface area contributed by atoms with Crippen LogP contribution < -0.4 is 10.6 Å². The molecule has 1 rings (SSSR count). The monoisotopic (exact) mass is 256 g/mol. The molecule has 1 aromatic rings. The van der Waals surface area contributed by atoms with Gasteiger partial charge in [-0.1, -0.05) is 17.7 Å². The van der Waals surface area contributed by atoms with Gasteiger partial charge in [0.1, 0.15) is 0 Å². The zero-order valence-corrected chi connectivity index (χ0v) is 11.3. The molecule has 0 aliphatic heterocycles. The Kier molecular flexibility index (Phi) is 6.34. The van der Waals surface area contributed by atoms with E-state index in [2.05, 4.69) is 18.0 Å². The molecule has 4 heteroatoms. The first-order valence-electron chi connectivity index (χ1n) is 5.87. The van der Waals surface area contributed by atoms with E-state index < -0.39 is 0 Å². The highest BCUT2D eigenvalue weighted by molar-refractivity contribution is 6.30. The van der Waals surface area contributed by atoms with E-state index in [4.69, 9.17) is 22.1 Å². The summed E-state index contributed by atoms with van der Waals surface area (Å²) >= 11 is 6.04. The summed E-state index contributed by atoms with van der Waals surface area (Å²) in [6.07, 6.45) is 1.88. The van der Waals surface area contributed by atoms with Crippen molar-refractivity contribution in [2.24, 2.45) is 5.73 Å². The molecule has 17 heavy (non-hydrogen) atoms. The van der Waals surface area contributed by atoms with Crippen LogP contribution in [0, 0.1) is 0 Å². The molecule has 0 atom stereocenters. The molecule has 3 nitrogen and oxygen atoms in total. The van der Waals surface area contributed by atoms with Gasteiger partial charge in [-0.25, -0.2) is 0 Å². The molecule has 0 fully saturated rings. The van der Waals surface area contributed by atoms with Gasteiger partial charge in [-0.05, 0) is 37.1 Å². The molecule has 0 heterocycles. The van der Waals surface area contributed by atoms with Crippen molar-refractivity contribution in [2.75, 3.05) is 38.8 Å². The molecule has 0 saturated heterocycles. The Balaban J connectivity index is 2.74. The lowest BCUT2D eigenvalue weighted by atomic mass is 10.1. The molecule has 0 bridgehead atoms. The molecule has 1 aromatic carbocycles. The van der Waals surface area contributed by atoms with E-state index in [0.717, 1.165) is 31.0 Å². The molecule has 96 valence electrons. The lowest BCUT2D eigenvalue weighted by Gasteiger charge is -2.22. The van der Waals surface area contributed by atoms with Crippen LogP contribution in [0.15, 0.2) is 18.2 Å². The quantitative estimate of drug-likeness (QED) is 0.761. The number of nitrogens with two attached hydrogens (primary N) is 1. The highest BCUT2D eigenvalue weighted by Crippen LogP contribution is 2.24. The lowest BCUT2D eigenvalue weighted by Crippen LogP contribution is -2.21. The minimum absolute atomic E-state index is 0.653. The molecule has 0 aliphatic carbocycles. The summed E-state index contributed by atoms with van der Waals surface area (Å²) in [6, 6.07) is 5.97. The Labute approximate surface area is 109 Å². The zero-order valence-electron chi connectivity index (χ0n) is 10.6. The predicted octanol–water partition coefficient (Wildman–Crippen LogP) is 2.31. The second kappa shape index (κ2) is 7.54. The summed E-state index contributed by atoms with van der Waals surface area (Å²) in [6.45, 7) is 2.38. The van der Waals surface area contributed by atoms with Crippen molar-refractivity contribution in [3.63, 3.8) is 0 Å². The SMILES string of the molecule is COCCCN(C)c1cc(Cl)ccc1CCN. The van der Waals surface area contributed by atoms with E-state index in [1.807, 2.05) is 12.1 Å². The number of nitrogens with zero attached hydrogens (tertiary/aromatic N) is 1. The number of rotatable bonds is 7. The first-order chi connectivity index (χ1) is 8.19. The summed E-state index contributed by atoms with van der Waals surface area (Å²) in [5, 5.41) is 0.763. The number of benzene rings is 1. The normalized spacial score (nSPS) is 10.6. The first kappa shape index (κ1) is 14.3. The maximum atomic E-state index is 6.04. The summed E-state index contributed by atoms with van der Waals surface area (Å²) in [5.41, 5.74) is 8.03. The standard InChI is InChI=1S/C13H21ClN2O/c1-16(8-3-9-17-2)13-10-12(14)5-4-11(13)6-7-15/h4-5,10H,3,6-9,15H2,1-2H3. The summed E-state index contributed by atoms with van der Waals surface area (Å²) in [4.78, 5) is 2.20. The summed E-state index contributed by atoms with van der Waals surface area (Å²) in [7, 11) is 3.79. The molecule has 0 amide bonds. The van der Waals surface area contributed by atoms with Gasteiger partial charge in [0.2, 0.25) is 0 Å². The fourth-order valence-corrected chi connectivity index (χ4v) is 1.99. The molecule has 0 radical (unpaired) electrons. The van der Waals surface area contributed by atoms with Crippen molar-refractivity contribution in [2.45, 2.75) is 12.8 Å². The van der Waals surface area contributed by atoms with Crippen LogP contribution in [0.3, 0.4) is 0 Å². The van der Waals surface area contributed by atoms with Crippen LogP contribution in [0.1, 0.15) is 12.0 Å². The van der Waals surface area contributed by atoms with Gasteiger partial charge in [-0.15, -0.1) is 0 Å². The van der Waals surface area contributed by atoms with Gasteiger partial charge in [0.05, 0.1) is 0 Å². The average Bonchev–Trinajstić information content (AvgIpc) is 2.32. The van der Waals surface area contributed by atoms with E-state index in [1.54, 1.807) is 7.11 Å². The molecule has 0 spiro atoms. The molecular weight excluding hydrogens is 236 g/mol. The van der Waals surface area contributed by atoms with Gasteiger partial charge in [0.15, 0.2) is 0 Å². The van der Waals surface area contributed by atoms with E-state index in [1.165, 1.54) is 11.3 Å². The maximum Gasteiger partial charge on any atom is 0.0479 e. The van der Waals surface area contributed by atoms with Crippen LogP contribution in [0.25, 0.3) is 0 Å². The number of halogens is 1. The second-order valence-corrected chi connectivity index (χ2v) is 4.52. The number of hydrogen-bond acceptors (Lipinski definition) is 3. The van der Waals surface area contributed by atoms with E-state index in [-0.39, 0.29) is 0 Å². The average molecular weight is 257 g/mol. The molecule has 0 unspecified atom stereocenters. The smallest absolute Gasteiger partial charge is 0.0479 e. The minimum Gasteiger partial charge on any atom is -0.385 e. The summed E-state index contributed by atoms with van der Waals surface area (Å²) < 4.78 is 5.06. The van der Waals surface area contributed by atoms with Gasteiger partial charge in [-0.3, -0.25) is 0 Å². The van der Waals surface area contributed by atoms with E-state index in [9.17, 15) is 0 Å². The predicted molar refractivity (Wildman–Crippen MR) is 74.0 cm³/mol. The third-order valence-corrected chi connectivity index (χ3v) is 2.95. The Morgan fingerprint density at radius 3 is 2.82 bits per heavy atom. The van der Waals surface area contributed by atoms with Gasteiger partial charge in [0.25, 0.3) is 0 Å². The van der Waals surface area contributed by atoms with Crippen molar-refractivity contribution in [3.05, 3.63) is 28.8 Å². The Morgan fingerprint density at radius 1 is 1.41 bits per heavy atom. The largest absolute Gasteiger partial charge is 0.385 e. The van der Waals surface area contributed by atoms with E-state index >= 15 is 0 Å². The van der Waals surface area contributed by atoms with Crippen molar-refractivity contribution in [3.8, 4) is 0 Å². The lowest BCUT2D eigenvalue weighted by molar-refractivity contribution is 0.196. The van der Waals surface area contributed by atoms with Gasteiger partial charge in [-0.2, -0.15) is 0 Å². The minimum atomic E-state index is 0.653. The third-order valence-electron chi connectivity index (χ3n) is 2.71. The fraction of sp³-hybridized carbons (Fsp3) is 0.538. The first-order valence-corrected chi connectivity index (χ1v) is 6.25. The van der Waals surface area contributed by atoms with Crippen LogP contribution in [0.2, 0.25) is 5.02 Å². The molecule has 0 aliphatic rings. The Morgan fingerprint density at radius 2 is 2.18 bits per heavy atom. The highest BCUT2D eigenvalue weighted by Gasteiger charge is 2.07. The van der Waals surface area contributed by atoms with Crippen molar-refractivity contribution >= 4 is 17.3 Å². The number of methoxy groups -OCH3 is 1. The topological polar surface area (TPSA) is 38.5 Å². The van der Waals surface area contributed by atoms with Crippen LogP contribution in [-0.4, -0.2) is 33.9 Å². The highest BCUT2D eigenvalue weighted by atomic mass is 35.5. The van der Waals surface area contributed by atoms with Gasteiger partial charge < -0.3 is 15.4 Å². The van der Waals surface area contributed by atoms with Gasteiger partial charge in [0, 0.05) is 38.0 Å². The number of hydrogen-bond donors (Lipinski definition) is 1. The fourth-order valence-electron chi connectivity index (χ4n) is 1.83. The van der Waals surface area contributed by atoms with Crippen molar-refractivity contribution in [1.29, 1.82) is 0 Å². The van der Waals surface area contributed by atoms with Crippen LogP contribution in [0.5, 0.6) is 0 Å².